The first kappa shape index (κ1) is 10.1. The Morgan fingerprint density at radius 2 is 2.42 bits per heavy atom. The Kier molecular flexibility index (Phi) is 4.75. The largest absolute Gasteiger partial charge is 0.134 e. The normalized spacial score (nSPS) is 9.17. The zero-order valence-electron chi connectivity index (χ0n) is 6.44. The molecule has 1 heterocycles. The summed E-state index contributed by atoms with van der Waals surface area (Å²) in [5.74, 6) is 6.86. The van der Waals surface area contributed by atoms with Gasteiger partial charge in [-0.2, -0.15) is 0 Å². The van der Waals surface area contributed by atoms with Crippen LogP contribution in [-0.4, -0.2) is 5.88 Å². The van der Waals surface area contributed by atoms with E-state index in [-0.39, 0.29) is 0 Å². The first-order valence-electron chi connectivity index (χ1n) is 3.62. The number of unbranched alkanes of at least 4 members (excludes halogenated alkanes) is 1. The van der Waals surface area contributed by atoms with E-state index in [2.05, 4.69) is 27.8 Å². The van der Waals surface area contributed by atoms with E-state index in [0.717, 1.165) is 22.2 Å². The molecule has 0 aliphatic heterocycles. The molecule has 0 fully saturated rings. The molecule has 0 aromatic carbocycles. The van der Waals surface area contributed by atoms with Crippen molar-refractivity contribution in [1.29, 1.82) is 0 Å². The second kappa shape index (κ2) is 5.64. The minimum atomic E-state index is 0.695. The number of hydrogen-bond acceptors (Lipinski definition) is 1. The van der Waals surface area contributed by atoms with Gasteiger partial charge in [-0.25, -0.2) is 0 Å². The molecule has 64 valence electrons. The van der Waals surface area contributed by atoms with E-state index in [1.54, 1.807) is 11.3 Å². The topological polar surface area (TPSA) is 0 Å². The van der Waals surface area contributed by atoms with Crippen LogP contribution >= 0.6 is 38.9 Å². The molecule has 0 radical (unpaired) electrons. The first-order valence-corrected chi connectivity index (χ1v) is 5.83. The van der Waals surface area contributed by atoms with Gasteiger partial charge in [0.1, 0.15) is 0 Å². The highest BCUT2D eigenvalue weighted by molar-refractivity contribution is 9.10. The third-order valence-electron chi connectivity index (χ3n) is 1.25. The van der Waals surface area contributed by atoms with Gasteiger partial charge in [-0.1, -0.05) is 11.8 Å². The molecule has 0 aliphatic rings. The summed E-state index contributed by atoms with van der Waals surface area (Å²) >= 11 is 10.6. The van der Waals surface area contributed by atoms with Gasteiger partial charge in [0.15, 0.2) is 0 Å². The van der Waals surface area contributed by atoms with Gasteiger partial charge in [0.25, 0.3) is 0 Å². The highest BCUT2D eigenvalue weighted by atomic mass is 79.9. The van der Waals surface area contributed by atoms with Gasteiger partial charge in [-0.15, -0.1) is 22.9 Å². The van der Waals surface area contributed by atoms with Crippen molar-refractivity contribution in [2.45, 2.75) is 12.8 Å². The molecule has 0 atom stereocenters. The molecule has 0 unspecified atom stereocenters. The maximum atomic E-state index is 5.52. The zero-order chi connectivity index (χ0) is 8.81. The predicted octanol–water partition coefficient (Wildman–Crippen LogP) is 3.88. The van der Waals surface area contributed by atoms with Gasteiger partial charge >= 0.3 is 0 Å². The lowest BCUT2D eigenvalue weighted by molar-refractivity contribution is 0.991. The molecule has 0 nitrogen and oxygen atoms in total. The fraction of sp³-hybridized carbons (Fsp3) is 0.333. The molecule has 3 heteroatoms. The summed E-state index contributed by atoms with van der Waals surface area (Å²) in [6.45, 7) is 0. The van der Waals surface area contributed by atoms with Crippen LogP contribution in [0, 0.1) is 11.8 Å². The highest BCUT2D eigenvalue weighted by Crippen LogP contribution is 2.21. The molecule has 12 heavy (non-hydrogen) atoms. The Hall–Kier alpha value is 0.0300. The fourth-order valence-corrected chi connectivity index (χ4v) is 2.15. The molecule has 0 N–H and O–H groups in total. The molecule has 0 spiro atoms. The van der Waals surface area contributed by atoms with Crippen molar-refractivity contribution in [3.8, 4) is 11.8 Å². The number of rotatable bonds is 2. The van der Waals surface area contributed by atoms with Gasteiger partial charge in [-0.05, 0) is 33.8 Å². The van der Waals surface area contributed by atoms with E-state index in [4.69, 9.17) is 11.6 Å². The molecule has 0 saturated carbocycles. The van der Waals surface area contributed by atoms with Crippen LogP contribution in [0.3, 0.4) is 0 Å². The summed E-state index contributed by atoms with van der Waals surface area (Å²) in [5, 5.41) is 2.02. The van der Waals surface area contributed by atoms with Crippen LogP contribution in [-0.2, 0) is 0 Å². The van der Waals surface area contributed by atoms with E-state index in [1.807, 2.05) is 11.4 Å². The molecule has 0 saturated heterocycles. The van der Waals surface area contributed by atoms with Crippen LogP contribution in [0.15, 0.2) is 15.9 Å². The monoisotopic (exact) mass is 262 g/mol. The van der Waals surface area contributed by atoms with Crippen molar-refractivity contribution in [2.75, 3.05) is 5.88 Å². The lowest BCUT2D eigenvalue weighted by Gasteiger charge is -1.83. The maximum Gasteiger partial charge on any atom is 0.0910 e. The Morgan fingerprint density at radius 1 is 1.58 bits per heavy atom. The number of hydrogen-bond donors (Lipinski definition) is 0. The van der Waals surface area contributed by atoms with E-state index < -0.39 is 0 Å². The summed E-state index contributed by atoms with van der Waals surface area (Å²) in [6.07, 6.45) is 1.85. The quantitative estimate of drug-likeness (QED) is 0.431. The van der Waals surface area contributed by atoms with Crippen molar-refractivity contribution in [3.63, 3.8) is 0 Å². The standard InChI is InChI=1S/C9H8BrClS/c10-8-5-7-12-9(8)4-2-1-3-6-11/h5,7H,1,3,6H2. The van der Waals surface area contributed by atoms with E-state index in [1.165, 1.54) is 0 Å². The minimum Gasteiger partial charge on any atom is -0.134 e. The molecule has 0 bridgehead atoms. The van der Waals surface area contributed by atoms with Crippen LogP contribution in [0.2, 0.25) is 0 Å². The smallest absolute Gasteiger partial charge is 0.0910 e. The Labute approximate surface area is 90.1 Å². The van der Waals surface area contributed by atoms with Crippen molar-refractivity contribution >= 4 is 38.9 Å². The molecule has 1 aromatic rings. The Bertz CT molecular complexity index is 295. The zero-order valence-corrected chi connectivity index (χ0v) is 9.60. The van der Waals surface area contributed by atoms with Crippen molar-refractivity contribution in [3.05, 3.63) is 20.8 Å². The molecule has 1 rings (SSSR count). The third kappa shape index (κ3) is 3.18. The summed E-state index contributed by atoms with van der Waals surface area (Å²) in [7, 11) is 0. The van der Waals surface area contributed by atoms with Gasteiger partial charge in [0.05, 0.1) is 4.88 Å². The van der Waals surface area contributed by atoms with Gasteiger partial charge in [0.2, 0.25) is 0 Å². The highest BCUT2D eigenvalue weighted by Gasteiger charge is 1.94. The molecular formula is C9H8BrClS. The average Bonchev–Trinajstić information content (AvgIpc) is 2.46. The van der Waals surface area contributed by atoms with Crippen molar-refractivity contribution < 1.29 is 0 Å². The Morgan fingerprint density at radius 3 is 3.00 bits per heavy atom. The number of halogens is 2. The summed E-state index contributed by atoms with van der Waals surface area (Å²) < 4.78 is 1.09. The molecule has 1 aromatic heterocycles. The number of thiophene rings is 1. The minimum absolute atomic E-state index is 0.695. The van der Waals surface area contributed by atoms with E-state index in [0.29, 0.717) is 5.88 Å². The summed E-state index contributed by atoms with van der Waals surface area (Å²) in [5.41, 5.74) is 0. The first-order chi connectivity index (χ1) is 5.84. The predicted molar refractivity (Wildman–Crippen MR) is 58.9 cm³/mol. The lowest BCUT2D eigenvalue weighted by Crippen LogP contribution is -1.71. The van der Waals surface area contributed by atoms with Gasteiger partial charge in [0, 0.05) is 16.8 Å². The van der Waals surface area contributed by atoms with Crippen LogP contribution in [0.1, 0.15) is 17.7 Å². The third-order valence-corrected chi connectivity index (χ3v) is 3.27. The van der Waals surface area contributed by atoms with Gasteiger partial charge < -0.3 is 0 Å². The second-order valence-electron chi connectivity index (χ2n) is 2.19. The van der Waals surface area contributed by atoms with Crippen LogP contribution < -0.4 is 0 Å². The molecular weight excluding hydrogens is 256 g/mol. The SMILES string of the molecule is ClCCCC#Cc1sccc1Br. The molecule has 0 aliphatic carbocycles. The van der Waals surface area contributed by atoms with Crippen molar-refractivity contribution in [1.82, 2.24) is 0 Å². The van der Waals surface area contributed by atoms with Crippen molar-refractivity contribution in [2.24, 2.45) is 0 Å². The second-order valence-corrected chi connectivity index (χ2v) is 4.34. The summed E-state index contributed by atoms with van der Waals surface area (Å²) in [4.78, 5) is 1.10. The van der Waals surface area contributed by atoms with Gasteiger partial charge in [-0.3, -0.25) is 0 Å². The number of alkyl halides is 1. The fourth-order valence-electron chi connectivity index (χ4n) is 0.681. The van der Waals surface area contributed by atoms with Crippen LogP contribution in [0.5, 0.6) is 0 Å². The van der Waals surface area contributed by atoms with E-state index >= 15 is 0 Å². The Balaban J connectivity index is 2.49. The maximum absolute atomic E-state index is 5.52. The molecule has 0 amide bonds. The summed E-state index contributed by atoms with van der Waals surface area (Å²) in [6, 6.07) is 2.01. The lowest BCUT2D eigenvalue weighted by atomic mass is 10.3. The van der Waals surface area contributed by atoms with Crippen LogP contribution in [0.25, 0.3) is 0 Å². The van der Waals surface area contributed by atoms with Crippen LogP contribution in [0.4, 0.5) is 0 Å². The average molecular weight is 264 g/mol. The van der Waals surface area contributed by atoms with E-state index in [9.17, 15) is 0 Å².